The van der Waals surface area contributed by atoms with Crippen molar-refractivity contribution in [2.75, 3.05) is 0 Å². The zero-order valence-corrected chi connectivity index (χ0v) is 13.3. The second-order valence-corrected chi connectivity index (χ2v) is 6.56. The van der Waals surface area contributed by atoms with E-state index in [1.165, 1.54) is 16.0 Å². The molecule has 0 unspecified atom stereocenters. The standard InChI is InChI=1S/C18H20N2S/c1-18(2,14-19)20-12-15-8-10-17(11-9-15)21-13-16-6-4-3-5-7-16/h3-11,20H,12-13H2,1-2H3. The quantitative estimate of drug-likeness (QED) is 0.804. The molecule has 21 heavy (non-hydrogen) atoms. The molecule has 0 saturated carbocycles. The molecule has 1 N–H and O–H groups in total. The zero-order chi connectivity index (χ0) is 15.1. The monoisotopic (exact) mass is 296 g/mol. The SMILES string of the molecule is CC(C)(C#N)NCc1ccc(SCc2ccccc2)cc1. The summed E-state index contributed by atoms with van der Waals surface area (Å²) < 4.78 is 0. The zero-order valence-electron chi connectivity index (χ0n) is 12.5. The fraction of sp³-hybridized carbons (Fsp3) is 0.278. The second kappa shape index (κ2) is 7.31. The number of nitrogens with zero attached hydrogens (tertiary/aromatic N) is 1. The van der Waals surface area contributed by atoms with Crippen LogP contribution in [0.4, 0.5) is 0 Å². The molecule has 0 aliphatic rings. The minimum atomic E-state index is -0.485. The van der Waals surface area contributed by atoms with Crippen LogP contribution in [0, 0.1) is 11.3 Å². The van der Waals surface area contributed by atoms with E-state index in [0.29, 0.717) is 6.54 Å². The van der Waals surface area contributed by atoms with E-state index >= 15 is 0 Å². The van der Waals surface area contributed by atoms with Crippen molar-refractivity contribution in [2.24, 2.45) is 0 Å². The van der Waals surface area contributed by atoms with Crippen molar-refractivity contribution >= 4 is 11.8 Å². The average Bonchev–Trinajstić information content (AvgIpc) is 2.53. The van der Waals surface area contributed by atoms with E-state index in [0.717, 1.165) is 5.75 Å². The van der Waals surface area contributed by atoms with Crippen LogP contribution < -0.4 is 5.32 Å². The molecule has 0 atom stereocenters. The van der Waals surface area contributed by atoms with Gasteiger partial charge in [-0.15, -0.1) is 11.8 Å². The predicted molar refractivity (Wildman–Crippen MR) is 89.0 cm³/mol. The van der Waals surface area contributed by atoms with Crippen LogP contribution in [0.2, 0.25) is 0 Å². The molecule has 0 aromatic heterocycles. The van der Waals surface area contributed by atoms with E-state index in [-0.39, 0.29) is 0 Å². The normalized spacial score (nSPS) is 11.1. The molecule has 2 rings (SSSR count). The molecular formula is C18H20N2S. The van der Waals surface area contributed by atoms with E-state index in [2.05, 4.69) is 59.9 Å². The molecule has 0 spiro atoms. The molecule has 0 amide bonds. The highest BCUT2D eigenvalue weighted by atomic mass is 32.2. The molecule has 2 aromatic rings. The van der Waals surface area contributed by atoms with E-state index in [9.17, 15) is 0 Å². The number of hydrogen-bond donors (Lipinski definition) is 1. The summed E-state index contributed by atoms with van der Waals surface area (Å²) in [7, 11) is 0. The molecule has 2 aromatic carbocycles. The molecule has 2 nitrogen and oxygen atoms in total. The third-order valence-corrected chi connectivity index (χ3v) is 4.27. The van der Waals surface area contributed by atoms with Crippen molar-refractivity contribution in [3.63, 3.8) is 0 Å². The van der Waals surface area contributed by atoms with Crippen molar-refractivity contribution in [1.29, 1.82) is 5.26 Å². The fourth-order valence-electron chi connectivity index (χ4n) is 1.81. The molecular weight excluding hydrogens is 276 g/mol. The molecule has 0 saturated heterocycles. The Balaban J connectivity index is 1.86. The lowest BCUT2D eigenvalue weighted by atomic mass is 10.1. The van der Waals surface area contributed by atoms with Crippen LogP contribution in [-0.4, -0.2) is 5.54 Å². The molecule has 0 heterocycles. The first kappa shape index (κ1) is 15.6. The summed E-state index contributed by atoms with van der Waals surface area (Å²) in [5.41, 5.74) is 2.05. The van der Waals surface area contributed by atoms with Crippen LogP contribution in [-0.2, 0) is 12.3 Å². The lowest BCUT2D eigenvalue weighted by Gasteiger charge is -2.17. The maximum Gasteiger partial charge on any atom is 0.101 e. The fourth-order valence-corrected chi connectivity index (χ4v) is 2.66. The minimum absolute atomic E-state index is 0.485. The molecule has 0 radical (unpaired) electrons. The Morgan fingerprint density at radius 1 is 1.00 bits per heavy atom. The Bertz CT molecular complexity index is 597. The number of benzene rings is 2. The van der Waals surface area contributed by atoms with Gasteiger partial charge < -0.3 is 0 Å². The van der Waals surface area contributed by atoms with E-state index in [1.54, 1.807) is 0 Å². The topological polar surface area (TPSA) is 35.8 Å². The first-order valence-corrected chi connectivity index (χ1v) is 7.99. The van der Waals surface area contributed by atoms with E-state index in [4.69, 9.17) is 5.26 Å². The Morgan fingerprint density at radius 2 is 1.67 bits per heavy atom. The Kier molecular flexibility index (Phi) is 5.44. The van der Waals surface area contributed by atoms with Crippen LogP contribution >= 0.6 is 11.8 Å². The first-order chi connectivity index (χ1) is 10.1. The first-order valence-electron chi connectivity index (χ1n) is 7.01. The van der Waals surface area contributed by atoms with Crippen LogP contribution in [0.15, 0.2) is 59.5 Å². The molecule has 0 aliphatic heterocycles. The van der Waals surface area contributed by atoms with Gasteiger partial charge in [0.15, 0.2) is 0 Å². The van der Waals surface area contributed by atoms with Crippen molar-refractivity contribution in [1.82, 2.24) is 5.32 Å². The van der Waals surface area contributed by atoms with Crippen LogP contribution in [0.1, 0.15) is 25.0 Å². The lowest BCUT2D eigenvalue weighted by molar-refractivity contribution is 0.485. The van der Waals surface area contributed by atoms with Crippen LogP contribution in [0.25, 0.3) is 0 Å². The average molecular weight is 296 g/mol. The van der Waals surface area contributed by atoms with E-state index < -0.39 is 5.54 Å². The summed E-state index contributed by atoms with van der Waals surface area (Å²) in [6.45, 7) is 4.48. The Hall–Kier alpha value is -1.76. The van der Waals surface area contributed by atoms with Crippen LogP contribution in [0.3, 0.4) is 0 Å². The summed E-state index contributed by atoms with van der Waals surface area (Å²) in [5.74, 6) is 0.986. The van der Waals surface area contributed by atoms with Gasteiger partial charge >= 0.3 is 0 Å². The molecule has 0 aliphatic carbocycles. The van der Waals surface area contributed by atoms with Gasteiger partial charge in [0.2, 0.25) is 0 Å². The summed E-state index contributed by atoms with van der Waals surface area (Å²) in [6, 6.07) is 21.2. The lowest BCUT2D eigenvalue weighted by Crippen LogP contribution is -2.36. The number of rotatable bonds is 6. The number of nitriles is 1. The van der Waals surface area contributed by atoms with Gasteiger partial charge in [-0.1, -0.05) is 42.5 Å². The predicted octanol–water partition coefficient (Wildman–Crippen LogP) is 4.37. The largest absolute Gasteiger partial charge is 0.296 e. The van der Waals surface area contributed by atoms with Gasteiger partial charge in [-0.05, 0) is 37.1 Å². The van der Waals surface area contributed by atoms with Crippen molar-refractivity contribution in [3.8, 4) is 6.07 Å². The molecule has 0 fully saturated rings. The highest BCUT2D eigenvalue weighted by Crippen LogP contribution is 2.23. The van der Waals surface area contributed by atoms with Gasteiger partial charge in [0.25, 0.3) is 0 Å². The van der Waals surface area contributed by atoms with Crippen molar-refractivity contribution in [2.45, 2.75) is 36.6 Å². The second-order valence-electron chi connectivity index (χ2n) is 5.51. The summed E-state index contributed by atoms with van der Waals surface area (Å²) in [6.07, 6.45) is 0. The highest BCUT2D eigenvalue weighted by molar-refractivity contribution is 7.98. The smallest absolute Gasteiger partial charge is 0.101 e. The highest BCUT2D eigenvalue weighted by Gasteiger charge is 2.14. The number of thioether (sulfide) groups is 1. The van der Waals surface area contributed by atoms with Gasteiger partial charge in [-0.2, -0.15) is 5.26 Å². The Morgan fingerprint density at radius 3 is 2.29 bits per heavy atom. The maximum atomic E-state index is 8.98. The minimum Gasteiger partial charge on any atom is -0.296 e. The third kappa shape index (κ3) is 5.26. The third-order valence-electron chi connectivity index (χ3n) is 3.19. The molecule has 108 valence electrons. The Labute approximate surface area is 131 Å². The van der Waals surface area contributed by atoms with E-state index in [1.807, 2.05) is 31.7 Å². The molecule has 0 bridgehead atoms. The summed E-state index contributed by atoms with van der Waals surface area (Å²) in [5, 5.41) is 12.2. The number of nitrogens with one attached hydrogen (secondary N) is 1. The van der Waals surface area contributed by atoms with Gasteiger partial charge in [0.05, 0.1) is 6.07 Å². The molecule has 3 heteroatoms. The summed E-state index contributed by atoms with van der Waals surface area (Å²) in [4.78, 5) is 1.27. The van der Waals surface area contributed by atoms with Gasteiger partial charge in [0.1, 0.15) is 5.54 Å². The van der Waals surface area contributed by atoms with Crippen molar-refractivity contribution in [3.05, 3.63) is 65.7 Å². The van der Waals surface area contributed by atoms with Gasteiger partial charge in [-0.25, -0.2) is 0 Å². The van der Waals surface area contributed by atoms with Crippen molar-refractivity contribution < 1.29 is 0 Å². The van der Waals surface area contributed by atoms with Gasteiger partial charge in [-0.3, -0.25) is 5.32 Å². The number of hydrogen-bond acceptors (Lipinski definition) is 3. The van der Waals surface area contributed by atoms with Crippen LogP contribution in [0.5, 0.6) is 0 Å². The summed E-state index contributed by atoms with van der Waals surface area (Å²) >= 11 is 1.84. The van der Waals surface area contributed by atoms with Gasteiger partial charge in [0, 0.05) is 17.2 Å². The maximum absolute atomic E-state index is 8.98.